The second-order valence-corrected chi connectivity index (χ2v) is 4.01. The van der Waals surface area contributed by atoms with E-state index in [1.165, 1.54) is 7.11 Å². The van der Waals surface area contributed by atoms with Gasteiger partial charge in [-0.05, 0) is 24.6 Å². The molecule has 1 N–H and O–H groups in total. The molecule has 1 heterocycles. The molecule has 5 nitrogen and oxygen atoms in total. The van der Waals surface area contributed by atoms with Crippen LogP contribution in [-0.2, 0) is 4.74 Å². The minimum Gasteiger partial charge on any atom is -0.465 e. The zero-order valence-corrected chi connectivity index (χ0v) is 9.98. The Bertz CT molecular complexity index is 485. The van der Waals surface area contributed by atoms with Crippen LogP contribution in [0.15, 0.2) is 18.2 Å². The molecule has 1 aromatic carbocycles. The van der Waals surface area contributed by atoms with Crippen LogP contribution in [0.25, 0.3) is 0 Å². The van der Waals surface area contributed by atoms with E-state index in [1.807, 2.05) is 13.0 Å². The summed E-state index contributed by atoms with van der Waals surface area (Å²) in [7, 11) is 3.06. The Kier molecular flexibility index (Phi) is 2.75. The average Bonchev–Trinajstić information content (AvgIpc) is 2.34. The van der Waals surface area contributed by atoms with Gasteiger partial charge in [-0.3, -0.25) is 0 Å². The predicted octanol–water partition coefficient (Wildman–Crippen LogP) is 2.01. The van der Waals surface area contributed by atoms with Crippen molar-refractivity contribution in [1.29, 1.82) is 0 Å². The maximum Gasteiger partial charge on any atom is 0.337 e. The molecule has 0 radical (unpaired) electrons. The first-order chi connectivity index (χ1) is 8.04. The third-order valence-corrected chi connectivity index (χ3v) is 3.07. The number of anilines is 1. The van der Waals surface area contributed by atoms with Gasteiger partial charge in [-0.25, -0.2) is 9.59 Å². The second kappa shape index (κ2) is 4.08. The maximum absolute atomic E-state index is 11.6. The van der Waals surface area contributed by atoms with Crippen LogP contribution >= 0.6 is 0 Å². The van der Waals surface area contributed by atoms with E-state index in [4.69, 9.17) is 0 Å². The highest BCUT2D eigenvalue weighted by Crippen LogP contribution is 2.32. The maximum atomic E-state index is 11.6. The summed E-state index contributed by atoms with van der Waals surface area (Å²) in [6.45, 7) is 1.94. The second-order valence-electron chi connectivity index (χ2n) is 4.01. The highest BCUT2D eigenvalue weighted by Gasteiger charge is 2.26. The summed E-state index contributed by atoms with van der Waals surface area (Å²) in [4.78, 5) is 24.6. The van der Waals surface area contributed by atoms with Crippen LogP contribution < -0.4 is 5.32 Å². The van der Waals surface area contributed by atoms with Crippen molar-refractivity contribution in [2.24, 2.45) is 0 Å². The fraction of sp³-hybridized carbons (Fsp3) is 0.333. The lowest BCUT2D eigenvalue weighted by Gasteiger charge is -2.32. The highest BCUT2D eigenvalue weighted by atomic mass is 16.5. The summed E-state index contributed by atoms with van der Waals surface area (Å²) in [5.41, 5.74) is 2.09. The zero-order chi connectivity index (χ0) is 12.6. The largest absolute Gasteiger partial charge is 0.465 e. The standard InChI is InChI=1S/C12H14N2O3/c1-7-9-5-4-8(11(15)17-3)6-10(9)13-12(16)14(7)2/h4-7H,1-3H3,(H,13,16)/t7-/m1/s1. The number of benzene rings is 1. The molecule has 0 saturated carbocycles. The fourth-order valence-electron chi connectivity index (χ4n) is 1.86. The molecule has 17 heavy (non-hydrogen) atoms. The highest BCUT2D eigenvalue weighted by molar-refractivity contribution is 5.96. The van der Waals surface area contributed by atoms with Crippen LogP contribution in [0.2, 0.25) is 0 Å². The molecule has 1 aromatic rings. The Hall–Kier alpha value is -2.04. The minimum atomic E-state index is -0.409. The van der Waals surface area contributed by atoms with Crippen LogP contribution in [0, 0.1) is 0 Å². The van der Waals surface area contributed by atoms with E-state index in [-0.39, 0.29) is 12.1 Å². The van der Waals surface area contributed by atoms with Crippen molar-refractivity contribution in [3.05, 3.63) is 29.3 Å². The number of nitrogens with one attached hydrogen (secondary N) is 1. The van der Waals surface area contributed by atoms with Crippen LogP contribution in [0.4, 0.5) is 10.5 Å². The normalized spacial score (nSPS) is 18.4. The number of nitrogens with zero attached hydrogens (tertiary/aromatic N) is 1. The molecule has 0 saturated heterocycles. The van der Waals surface area contributed by atoms with Crippen molar-refractivity contribution in [3.63, 3.8) is 0 Å². The summed E-state index contributed by atoms with van der Waals surface area (Å²) in [5, 5.41) is 2.74. The summed E-state index contributed by atoms with van der Waals surface area (Å²) in [5.74, 6) is -0.409. The number of carbonyl (C=O) groups excluding carboxylic acids is 2. The van der Waals surface area contributed by atoms with Gasteiger partial charge in [0.1, 0.15) is 0 Å². The molecule has 0 bridgehead atoms. The van der Waals surface area contributed by atoms with Crippen molar-refractivity contribution in [2.45, 2.75) is 13.0 Å². The molecule has 2 rings (SSSR count). The molecular weight excluding hydrogens is 220 g/mol. The summed E-state index contributed by atoms with van der Waals surface area (Å²) < 4.78 is 4.64. The van der Waals surface area contributed by atoms with Crippen molar-refractivity contribution < 1.29 is 14.3 Å². The van der Waals surface area contributed by atoms with E-state index in [0.717, 1.165) is 5.56 Å². The Balaban J connectivity index is 2.44. The van der Waals surface area contributed by atoms with E-state index in [0.29, 0.717) is 11.3 Å². The monoisotopic (exact) mass is 234 g/mol. The number of urea groups is 1. The molecular formula is C12H14N2O3. The van der Waals surface area contributed by atoms with E-state index >= 15 is 0 Å². The van der Waals surface area contributed by atoms with Crippen LogP contribution in [0.3, 0.4) is 0 Å². The van der Waals surface area contributed by atoms with Gasteiger partial charge in [0.05, 0.1) is 18.7 Å². The lowest BCUT2D eigenvalue weighted by atomic mass is 10.0. The van der Waals surface area contributed by atoms with Crippen LogP contribution in [0.5, 0.6) is 0 Å². The molecule has 1 atom stereocenters. The van der Waals surface area contributed by atoms with Gasteiger partial charge in [-0.2, -0.15) is 0 Å². The Morgan fingerprint density at radius 2 is 2.18 bits per heavy atom. The fourth-order valence-corrected chi connectivity index (χ4v) is 1.86. The quantitative estimate of drug-likeness (QED) is 0.756. The number of rotatable bonds is 1. The molecule has 2 amide bonds. The molecule has 0 unspecified atom stereocenters. The third kappa shape index (κ3) is 1.84. The van der Waals surface area contributed by atoms with Crippen molar-refractivity contribution in [1.82, 2.24) is 4.90 Å². The number of amides is 2. The van der Waals surface area contributed by atoms with Gasteiger partial charge in [-0.15, -0.1) is 0 Å². The molecule has 1 aliphatic rings. The van der Waals surface area contributed by atoms with Gasteiger partial charge in [0, 0.05) is 12.7 Å². The molecule has 0 aromatic heterocycles. The number of fused-ring (bicyclic) bond motifs is 1. The van der Waals surface area contributed by atoms with Gasteiger partial charge in [0.2, 0.25) is 0 Å². The summed E-state index contributed by atoms with van der Waals surface area (Å²) in [6, 6.07) is 4.99. The summed E-state index contributed by atoms with van der Waals surface area (Å²) >= 11 is 0. The molecule has 0 aliphatic carbocycles. The lowest BCUT2D eigenvalue weighted by molar-refractivity contribution is 0.0600. The van der Waals surface area contributed by atoms with Gasteiger partial charge in [0.15, 0.2) is 0 Å². The third-order valence-electron chi connectivity index (χ3n) is 3.07. The van der Waals surface area contributed by atoms with Gasteiger partial charge in [0.25, 0.3) is 0 Å². The first-order valence-corrected chi connectivity index (χ1v) is 5.30. The number of carbonyl (C=O) groups is 2. The number of methoxy groups -OCH3 is 1. The van der Waals surface area contributed by atoms with Crippen LogP contribution in [0.1, 0.15) is 28.9 Å². The smallest absolute Gasteiger partial charge is 0.337 e. The number of hydrogen-bond acceptors (Lipinski definition) is 3. The molecule has 1 aliphatic heterocycles. The molecule has 90 valence electrons. The predicted molar refractivity (Wildman–Crippen MR) is 63.0 cm³/mol. The van der Waals surface area contributed by atoms with Crippen molar-refractivity contribution in [3.8, 4) is 0 Å². The summed E-state index contributed by atoms with van der Waals surface area (Å²) in [6.07, 6.45) is 0. The number of esters is 1. The Morgan fingerprint density at radius 1 is 1.47 bits per heavy atom. The lowest BCUT2D eigenvalue weighted by Crippen LogP contribution is -2.38. The molecule has 0 spiro atoms. The topological polar surface area (TPSA) is 58.6 Å². The first-order valence-electron chi connectivity index (χ1n) is 5.30. The van der Waals surface area contributed by atoms with Crippen molar-refractivity contribution in [2.75, 3.05) is 19.5 Å². The van der Waals surface area contributed by atoms with Gasteiger partial charge >= 0.3 is 12.0 Å². The van der Waals surface area contributed by atoms with Gasteiger partial charge in [-0.1, -0.05) is 6.07 Å². The molecule has 0 fully saturated rings. The van der Waals surface area contributed by atoms with E-state index in [9.17, 15) is 9.59 Å². The van der Waals surface area contributed by atoms with Gasteiger partial charge < -0.3 is 15.0 Å². The average molecular weight is 234 g/mol. The SMILES string of the molecule is COC(=O)c1ccc2c(c1)NC(=O)N(C)[C@@H]2C. The zero-order valence-electron chi connectivity index (χ0n) is 9.98. The Morgan fingerprint density at radius 3 is 2.82 bits per heavy atom. The van der Waals surface area contributed by atoms with Crippen molar-refractivity contribution >= 4 is 17.7 Å². The van der Waals surface area contributed by atoms with E-state index < -0.39 is 5.97 Å². The number of ether oxygens (including phenoxy) is 1. The Labute approximate surface area is 99.4 Å². The first kappa shape index (κ1) is 11.4. The van der Waals surface area contributed by atoms with E-state index in [2.05, 4.69) is 10.1 Å². The number of hydrogen-bond donors (Lipinski definition) is 1. The minimum absolute atomic E-state index is 0.00885. The van der Waals surface area contributed by atoms with Crippen LogP contribution in [-0.4, -0.2) is 31.1 Å². The molecule has 5 heteroatoms. The van der Waals surface area contributed by atoms with E-state index in [1.54, 1.807) is 24.1 Å².